The molecule has 0 radical (unpaired) electrons. The molecule has 0 saturated heterocycles. The maximum absolute atomic E-state index is 11.0. The van der Waals surface area contributed by atoms with Gasteiger partial charge in [-0.2, -0.15) is 5.26 Å². The van der Waals surface area contributed by atoms with Gasteiger partial charge in [-0.05, 0) is 67.9 Å². The van der Waals surface area contributed by atoms with Crippen molar-refractivity contribution in [2.24, 2.45) is 23.2 Å². The molecule has 4 fully saturated rings. The van der Waals surface area contributed by atoms with E-state index in [4.69, 9.17) is 0 Å². The molecule has 0 aliphatic heterocycles. The first-order chi connectivity index (χ1) is 9.70. The van der Waals surface area contributed by atoms with Gasteiger partial charge in [-0.25, -0.2) is 0 Å². The summed E-state index contributed by atoms with van der Waals surface area (Å²) in [6.45, 7) is 0. The van der Waals surface area contributed by atoms with Crippen LogP contribution in [-0.2, 0) is 0 Å². The summed E-state index contributed by atoms with van der Waals surface area (Å²) in [7, 11) is 0. The van der Waals surface area contributed by atoms with E-state index in [0.29, 0.717) is 5.56 Å². The van der Waals surface area contributed by atoms with E-state index >= 15 is 0 Å². The molecule has 4 saturated carbocycles. The van der Waals surface area contributed by atoms with Crippen LogP contribution in [-0.4, -0.2) is 5.11 Å². The maximum Gasteiger partial charge on any atom is 0.0995 e. The summed E-state index contributed by atoms with van der Waals surface area (Å²) in [5.74, 6) is 2.47. The van der Waals surface area contributed by atoms with Crippen LogP contribution in [0.5, 0.6) is 0 Å². The van der Waals surface area contributed by atoms with E-state index in [1.807, 2.05) is 24.3 Å². The number of hydrogen-bond donors (Lipinski definition) is 1. The molecule has 4 aliphatic carbocycles. The molecule has 2 nitrogen and oxygen atoms in total. The summed E-state index contributed by atoms with van der Waals surface area (Å²) in [5, 5.41) is 20.3. The minimum Gasteiger partial charge on any atom is -0.388 e. The van der Waals surface area contributed by atoms with Gasteiger partial charge in [0, 0.05) is 5.41 Å². The SMILES string of the molecule is N#Cc1ccccc1C(O)C12CC3CC(CC(C3)C1)C2. The van der Waals surface area contributed by atoms with Gasteiger partial charge in [-0.15, -0.1) is 0 Å². The van der Waals surface area contributed by atoms with Crippen LogP contribution in [0.25, 0.3) is 0 Å². The molecule has 2 heteroatoms. The number of aliphatic hydroxyl groups excluding tert-OH is 1. The molecular formula is C18H21NO. The Bertz CT molecular complexity index is 536. The molecule has 0 heterocycles. The number of aliphatic hydroxyl groups is 1. The Morgan fingerprint density at radius 1 is 1.05 bits per heavy atom. The van der Waals surface area contributed by atoms with Crippen LogP contribution < -0.4 is 0 Å². The van der Waals surface area contributed by atoms with E-state index in [-0.39, 0.29) is 5.41 Å². The first-order valence-electron chi connectivity index (χ1n) is 7.87. The summed E-state index contributed by atoms with van der Waals surface area (Å²) < 4.78 is 0. The Hall–Kier alpha value is -1.33. The molecule has 0 amide bonds. The summed E-state index contributed by atoms with van der Waals surface area (Å²) in [4.78, 5) is 0. The smallest absolute Gasteiger partial charge is 0.0995 e. The molecule has 1 unspecified atom stereocenters. The standard InChI is InChI=1S/C18H21NO/c19-11-15-3-1-2-4-16(15)17(20)18-8-12-5-13(9-18)7-14(6-12)10-18/h1-4,12-14,17,20H,5-10H2. The first-order valence-corrected chi connectivity index (χ1v) is 7.87. The van der Waals surface area contributed by atoms with E-state index in [9.17, 15) is 10.4 Å². The van der Waals surface area contributed by atoms with Gasteiger partial charge in [0.2, 0.25) is 0 Å². The van der Waals surface area contributed by atoms with Crippen LogP contribution in [0.15, 0.2) is 24.3 Å². The fourth-order valence-electron chi connectivity index (χ4n) is 5.68. The second kappa shape index (κ2) is 4.33. The van der Waals surface area contributed by atoms with Crippen molar-refractivity contribution in [1.82, 2.24) is 0 Å². The summed E-state index contributed by atoms with van der Waals surface area (Å²) in [5.41, 5.74) is 1.56. The lowest BCUT2D eigenvalue weighted by Gasteiger charge is -2.58. The molecule has 0 spiro atoms. The number of rotatable bonds is 2. The van der Waals surface area contributed by atoms with Crippen molar-refractivity contribution < 1.29 is 5.11 Å². The van der Waals surface area contributed by atoms with Crippen LogP contribution >= 0.6 is 0 Å². The number of hydrogen-bond acceptors (Lipinski definition) is 2. The average Bonchev–Trinajstić information content (AvgIpc) is 2.45. The molecule has 20 heavy (non-hydrogen) atoms. The van der Waals surface area contributed by atoms with Gasteiger partial charge in [0.25, 0.3) is 0 Å². The van der Waals surface area contributed by atoms with Crippen molar-refractivity contribution in [2.75, 3.05) is 0 Å². The number of benzene rings is 1. The molecule has 104 valence electrons. The quantitative estimate of drug-likeness (QED) is 0.885. The molecular weight excluding hydrogens is 246 g/mol. The lowest BCUT2D eigenvalue weighted by Crippen LogP contribution is -2.49. The molecule has 1 atom stereocenters. The fourth-order valence-corrected chi connectivity index (χ4v) is 5.68. The van der Waals surface area contributed by atoms with Gasteiger partial charge in [0.1, 0.15) is 0 Å². The molecule has 4 bridgehead atoms. The van der Waals surface area contributed by atoms with Crippen LogP contribution in [0.1, 0.15) is 55.8 Å². The third kappa shape index (κ3) is 1.73. The highest BCUT2D eigenvalue weighted by Crippen LogP contribution is 2.64. The second-order valence-corrected chi connectivity index (χ2v) is 7.38. The van der Waals surface area contributed by atoms with Crippen molar-refractivity contribution in [2.45, 2.75) is 44.6 Å². The second-order valence-electron chi connectivity index (χ2n) is 7.38. The third-order valence-electron chi connectivity index (χ3n) is 6.04. The maximum atomic E-state index is 11.0. The monoisotopic (exact) mass is 267 g/mol. The fraction of sp³-hybridized carbons (Fsp3) is 0.611. The predicted octanol–water partition coefficient (Wildman–Crippen LogP) is 3.81. The van der Waals surface area contributed by atoms with Crippen molar-refractivity contribution in [3.63, 3.8) is 0 Å². The highest BCUT2D eigenvalue weighted by atomic mass is 16.3. The van der Waals surface area contributed by atoms with Crippen molar-refractivity contribution in [3.8, 4) is 6.07 Å². The van der Waals surface area contributed by atoms with Gasteiger partial charge >= 0.3 is 0 Å². The number of nitrogens with zero attached hydrogens (tertiary/aromatic N) is 1. The lowest BCUT2D eigenvalue weighted by molar-refractivity contribution is -0.122. The molecule has 1 aromatic rings. The van der Waals surface area contributed by atoms with Gasteiger partial charge in [-0.3, -0.25) is 0 Å². The van der Waals surface area contributed by atoms with Gasteiger partial charge in [0.15, 0.2) is 0 Å². The topological polar surface area (TPSA) is 44.0 Å². The Labute approximate surface area is 120 Å². The number of nitriles is 1. The Morgan fingerprint density at radius 2 is 1.60 bits per heavy atom. The summed E-state index contributed by atoms with van der Waals surface area (Å²) in [6.07, 6.45) is 7.19. The molecule has 4 aliphatic rings. The van der Waals surface area contributed by atoms with Gasteiger partial charge in [0.05, 0.1) is 17.7 Å². The zero-order valence-corrected chi connectivity index (χ0v) is 11.8. The third-order valence-corrected chi connectivity index (χ3v) is 6.04. The highest BCUT2D eigenvalue weighted by Gasteiger charge is 2.54. The van der Waals surface area contributed by atoms with E-state index in [0.717, 1.165) is 23.3 Å². The van der Waals surface area contributed by atoms with E-state index < -0.39 is 6.10 Å². The Balaban J connectivity index is 1.72. The van der Waals surface area contributed by atoms with Crippen LogP contribution in [0.4, 0.5) is 0 Å². The van der Waals surface area contributed by atoms with E-state index in [2.05, 4.69) is 6.07 Å². The molecule has 5 rings (SSSR count). The molecule has 0 aromatic heterocycles. The summed E-state index contributed by atoms with van der Waals surface area (Å²) in [6, 6.07) is 9.85. The normalized spacial score (nSPS) is 39.5. The minimum atomic E-state index is -0.452. The largest absolute Gasteiger partial charge is 0.388 e. The van der Waals surface area contributed by atoms with E-state index in [1.165, 1.54) is 38.5 Å². The van der Waals surface area contributed by atoms with Crippen LogP contribution in [0.2, 0.25) is 0 Å². The highest BCUT2D eigenvalue weighted by molar-refractivity contribution is 5.39. The van der Waals surface area contributed by atoms with Gasteiger partial charge in [-0.1, -0.05) is 18.2 Å². The Morgan fingerprint density at radius 3 is 2.15 bits per heavy atom. The van der Waals surface area contributed by atoms with E-state index in [1.54, 1.807) is 0 Å². The zero-order chi connectivity index (χ0) is 13.7. The predicted molar refractivity (Wildman–Crippen MR) is 76.7 cm³/mol. The van der Waals surface area contributed by atoms with Crippen molar-refractivity contribution in [1.29, 1.82) is 5.26 Å². The average molecular weight is 267 g/mol. The van der Waals surface area contributed by atoms with Crippen molar-refractivity contribution in [3.05, 3.63) is 35.4 Å². The lowest BCUT2D eigenvalue weighted by atomic mass is 9.47. The molecule has 1 aromatic carbocycles. The Kier molecular flexibility index (Phi) is 2.69. The summed E-state index contributed by atoms with van der Waals surface area (Å²) >= 11 is 0. The first kappa shape index (κ1) is 12.4. The van der Waals surface area contributed by atoms with Crippen LogP contribution in [0, 0.1) is 34.5 Å². The zero-order valence-electron chi connectivity index (χ0n) is 11.8. The van der Waals surface area contributed by atoms with Crippen LogP contribution in [0.3, 0.4) is 0 Å². The van der Waals surface area contributed by atoms with Gasteiger partial charge < -0.3 is 5.11 Å². The van der Waals surface area contributed by atoms with Crippen molar-refractivity contribution >= 4 is 0 Å². The molecule has 1 N–H and O–H groups in total. The minimum absolute atomic E-state index is 0.0572.